The van der Waals surface area contributed by atoms with Crippen molar-refractivity contribution in [2.45, 2.75) is 26.7 Å². The number of hydrogen-bond acceptors (Lipinski definition) is 2. The third-order valence-corrected chi connectivity index (χ3v) is 4.31. The Bertz CT molecular complexity index is 485. The van der Waals surface area contributed by atoms with Crippen LogP contribution in [0.25, 0.3) is 0 Å². The number of carbonyl (C=O) groups excluding carboxylic acids is 1. The van der Waals surface area contributed by atoms with Gasteiger partial charge in [0.05, 0.1) is 17.0 Å². The second-order valence-corrected chi connectivity index (χ2v) is 6.06. The lowest BCUT2D eigenvalue weighted by Gasteiger charge is -2.03. The first-order valence-electron chi connectivity index (χ1n) is 6.01. The van der Waals surface area contributed by atoms with Crippen molar-refractivity contribution in [2.24, 2.45) is 11.3 Å². The molecule has 4 heteroatoms. The summed E-state index contributed by atoms with van der Waals surface area (Å²) in [6, 6.07) is 5.04. The van der Waals surface area contributed by atoms with Gasteiger partial charge in [0, 0.05) is 5.92 Å². The first-order chi connectivity index (χ1) is 8.39. The molecule has 0 amide bonds. The standard InChI is InChI=1S/C14H16BrFO2/c1-4-18-13(17)12-11(14(12,2)3)8-5-6-9(15)10(16)7-8/h5-7,11-12H,4H2,1-3H3/t11-,12+/m0/s1. The van der Waals surface area contributed by atoms with Gasteiger partial charge < -0.3 is 4.74 Å². The molecule has 18 heavy (non-hydrogen) atoms. The van der Waals surface area contributed by atoms with Gasteiger partial charge in [-0.3, -0.25) is 4.79 Å². The zero-order chi connectivity index (χ0) is 13.5. The van der Waals surface area contributed by atoms with E-state index in [0.717, 1.165) is 5.56 Å². The zero-order valence-electron chi connectivity index (χ0n) is 10.7. The minimum atomic E-state index is -0.294. The number of halogens is 2. The molecule has 0 spiro atoms. The molecular weight excluding hydrogens is 299 g/mol. The van der Waals surface area contributed by atoms with E-state index in [0.29, 0.717) is 11.1 Å². The van der Waals surface area contributed by atoms with E-state index in [1.165, 1.54) is 6.07 Å². The fraction of sp³-hybridized carbons (Fsp3) is 0.500. The average molecular weight is 315 g/mol. The van der Waals surface area contributed by atoms with Gasteiger partial charge in [-0.05, 0) is 46.0 Å². The number of ether oxygens (including phenoxy) is 1. The Balaban J connectivity index is 2.24. The Kier molecular flexibility index (Phi) is 3.49. The zero-order valence-corrected chi connectivity index (χ0v) is 12.3. The van der Waals surface area contributed by atoms with E-state index in [9.17, 15) is 9.18 Å². The molecule has 0 bridgehead atoms. The van der Waals surface area contributed by atoms with Crippen molar-refractivity contribution in [2.75, 3.05) is 6.61 Å². The van der Waals surface area contributed by atoms with Crippen molar-refractivity contribution < 1.29 is 13.9 Å². The monoisotopic (exact) mass is 314 g/mol. The van der Waals surface area contributed by atoms with Crippen molar-refractivity contribution in [3.63, 3.8) is 0 Å². The maximum Gasteiger partial charge on any atom is 0.310 e. The number of benzene rings is 1. The highest BCUT2D eigenvalue weighted by molar-refractivity contribution is 9.10. The van der Waals surface area contributed by atoms with E-state index in [2.05, 4.69) is 15.9 Å². The number of esters is 1. The molecule has 0 unspecified atom stereocenters. The van der Waals surface area contributed by atoms with E-state index >= 15 is 0 Å². The topological polar surface area (TPSA) is 26.3 Å². The average Bonchev–Trinajstić information content (AvgIpc) is 2.86. The lowest BCUT2D eigenvalue weighted by atomic mass is 10.0. The summed E-state index contributed by atoms with van der Waals surface area (Å²) >= 11 is 3.13. The molecule has 0 radical (unpaired) electrons. The molecule has 0 aromatic heterocycles. The van der Waals surface area contributed by atoms with Crippen LogP contribution >= 0.6 is 15.9 Å². The van der Waals surface area contributed by atoms with E-state index in [1.807, 2.05) is 19.9 Å². The fourth-order valence-corrected chi connectivity index (χ4v) is 2.88. The van der Waals surface area contributed by atoms with Crippen LogP contribution in [0.3, 0.4) is 0 Å². The first-order valence-corrected chi connectivity index (χ1v) is 6.80. The third-order valence-electron chi connectivity index (χ3n) is 3.67. The third kappa shape index (κ3) is 2.18. The van der Waals surface area contributed by atoms with Crippen LogP contribution in [0.5, 0.6) is 0 Å². The number of carbonyl (C=O) groups is 1. The lowest BCUT2D eigenvalue weighted by Crippen LogP contribution is -2.10. The van der Waals surface area contributed by atoms with Gasteiger partial charge in [0.15, 0.2) is 0 Å². The van der Waals surface area contributed by atoms with Crippen molar-refractivity contribution in [3.8, 4) is 0 Å². The van der Waals surface area contributed by atoms with Gasteiger partial charge in [0.25, 0.3) is 0 Å². The van der Waals surface area contributed by atoms with Crippen LogP contribution in [0.4, 0.5) is 4.39 Å². The van der Waals surface area contributed by atoms with Gasteiger partial charge in [0.1, 0.15) is 5.82 Å². The van der Waals surface area contributed by atoms with E-state index < -0.39 is 0 Å². The van der Waals surface area contributed by atoms with Crippen LogP contribution < -0.4 is 0 Å². The summed E-state index contributed by atoms with van der Waals surface area (Å²) < 4.78 is 19.0. The molecule has 1 aliphatic carbocycles. The van der Waals surface area contributed by atoms with Crippen molar-refractivity contribution in [1.82, 2.24) is 0 Å². The Hall–Kier alpha value is -0.900. The van der Waals surface area contributed by atoms with Gasteiger partial charge in [0.2, 0.25) is 0 Å². The maximum atomic E-state index is 13.5. The van der Waals surface area contributed by atoms with Crippen molar-refractivity contribution in [1.29, 1.82) is 0 Å². The Morgan fingerprint density at radius 2 is 2.17 bits per heavy atom. The predicted molar refractivity (Wildman–Crippen MR) is 70.7 cm³/mol. The molecule has 0 aliphatic heterocycles. The second-order valence-electron chi connectivity index (χ2n) is 5.20. The SMILES string of the molecule is CCOC(=O)[C@H]1[C@H](c2ccc(Br)c(F)c2)C1(C)C. The molecule has 98 valence electrons. The predicted octanol–water partition coefficient (Wildman–Crippen LogP) is 3.89. The smallest absolute Gasteiger partial charge is 0.310 e. The first kappa shape index (κ1) is 13.5. The van der Waals surface area contributed by atoms with Crippen LogP contribution in [-0.2, 0) is 9.53 Å². The maximum absolute atomic E-state index is 13.5. The molecule has 1 aromatic carbocycles. The van der Waals surface area contributed by atoms with Gasteiger partial charge >= 0.3 is 5.97 Å². The van der Waals surface area contributed by atoms with E-state index in [4.69, 9.17) is 4.74 Å². The molecule has 1 aromatic rings. The quantitative estimate of drug-likeness (QED) is 0.791. The van der Waals surface area contributed by atoms with Gasteiger partial charge in [-0.2, -0.15) is 0 Å². The molecule has 2 atom stereocenters. The Morgan fingerprint density at radius 3 is 2.72 bits per heavy atom. The molecule has 1 saturated carbocycles. The van der Waals surface area contributed by atoms with Crippen LogP contribution in [-0.4, -0.2) is 12.6 Å². The van der Waals surface area contributed by atoms with E-state index in [-0.39, 0.29) is 29.0 Å². The van der Waals surface area contributed by atoms with Crippen LogP contribution in [0.1, 0.15) is 32.3 Å². The Morgan fingerprint density at radius 1 is 1.50 bits per heavy atom. The van der Waals surface area contributed by atoms with Crippen LogP contribution in [0, 0.1) is 17.2 Å². The van der Waals surface area contributed by atoms with Gasteiger partial charge in [-0.1, -0.05) is 19.9 Å². The minimum absolute atomic E-state index is 0.0409. The fourth-order valence-electron chi connectivity index (χ4n) is 2.64. The number of hydrogen-bond donors (Lipinski definition) is 0. The molecule has 1 aliphatic rings. The minimum Gasteiger partial charge on any atom is -0.466 e. The van der Waals surface area contributed by atoms with Crippen LogP contribution in [0.2, 0.25) is 0 Å². The summed E-state index contributed by atoms with van der Waals surface area (Å²) in [5.41, 5.74) is 0.700. The molecule has 2 nitrogen and oxygen atoms in total. The molecular formula is C14H16BrFO2. The van der Waals surface area contributed by atoms with Crippen molar-refractivity contribution >= 4 is 21.9 Å². The van der Waals surface area contributed by atoms with Gasteiger partial charge in [-0.15, -0.1) is 0 Å². The highest BCUT2D eigenvalue weighted by atomic mass is 79.9. The summed E-state index contributed by atoms with van der Waals surface area (Å²) in [5.74, 6) is -0.606. The highest BCUT2D eigenvalue weighted by Crippen LogP contribution is 2.64. The normalized spacial score (nSPS) is 24.7. The summed E-state index contributed by atoms with van der Waals surface area (Å²) in [6.45, 7) is 6.20. The summed E-state index contributed by atoms with van der Waals surface area (Å²) in [4.78, 5) is 11.8. The molecule has 1 fully saturated rings. The largest absolute Gasteiger partial charge is 0.466 e. The molecule has 0 heterocycles. The molecule has 2 rings (SSSR count). The van der Waals surface area contributed by atoms with Crippen molar-refractivity contribution in [3.05, 3.63) is 34.1 Å². The van der Waals surface area contributed by atoms with Crippen LogP contribution in [0.15, 0.2) is 22.7 Å². The van der Waals surface area contributed by atoms with Gasteiger partial charge in [-0.25, -0.2) is 4.39 Å². The highest BCUT2D eigenvalue weighted by Gasteiger charge is 2.63. The van der Waals surface area contributed by atoms with E-state index in [1.54, 1.807) is 13.0 Å². The Labute approximate surface area is 115 Å². The lowest BCUT2D eigenvalue weighted by molar-refractivity contribution is -0.145. The second kappa shape index (κ2) is 4.65. The number of rotatable bonds is 3. The summed E-state index contributed by atoms with van der Waals surface area (Å²) in [5, 5.41) is 0. The molecule has 0 saturated heterocycles. The molecule has 0 N–H and O–H groups in total. The summed E-state index contributed by atoms with van der Waals surface area (Å²) in [6.07, 6.45) is 0. The summed E-state index contributed by atoms with van der Waals surface area (Å²) in [7, 11) is 0.